The number of carbonyl (C=O) groups excluding carboxylic acids is 1. The van der Waals surface area contributed by atoms with Crippen LogP contribution in [0.15, 0.2) is 66.2 Å². The van der Waals surface area contributed by atoms with Crippen molar-refractivity contribution in [1.29, 1.82) is 0 Å². The zero-order valence-electron chi connectivity index (χ0n) is 17.5. The van der Waals surface area contributed by atoms with Crippen LogP contribution in [0.25, 0.3) is 17.3 Å². The summed E-state index contributed by atoms with van der Waals surface area (Å²) in [5.41, 5.74) is 3.93. The first kappa shape index (κ1) is 22.1. The highest BCUT2D eigenvalue weighted by Gasteiger charge is 2.11. The van der Waals surface area contributed by atoms with Gasteiger partial charge in [0, 0.05) is 41.7 Å². The van der Waals surface area contributed by atoms with E-state index in [4.69, 9.17) is 5.11 Å². The number of aromatic nitrogens is 3. The number of carboxylic acid groups (broad SMARTS) is 1. The molecular weight excluding hydrogens is 443 g/mol. The summed E-state index contributed by atoms with van der Waals surface area (Å²) in [6.07, 6.45) is 5.24. The summed E-state index contributed by atoms with van der Waals surface area (Å²) in [4.78, 5) is 27.4. The van der Waals surface area contributed by atoms with Crippen LogP contribution in [0.2, 0.25) is 0 Å². The van der Waals surface area contributed by atoms with Crippen LogP contribution in [-0.4, -0.2) is 31.7 Å². The predicted octanol–water partition coefficient (Wildman–Crippen LogP) is 4.62. The molecule has 0 aliphatic rings. The van der Waals surface area contributed by atoms with E-state index in [9.17, 15) is 14.0 Å². The number of hydrogen-bond donors (Lipinski definition) is 2. The average molecular weight is 463 g/mol. The highest BCUT2D eigenvalue weighted by atomic mass is 32.1. The van der Waals surface area contributed by atoms with E-state index < -0.39 is 5.97 Å². The second kappa shape index (κ2) is 9.58. The number of anilines is 1. The molecule has 0 saturated carbocycles. The molecule has 1 amide bonds. The fraction of sp³-hybridized carbons (Fsp3) is 0.0833. The third-order valence-corrected chi connectivity index (χ3v) is 5.70. The maximum absolute atomic E-state index is 13.2. The van der Waals surface area contributed by atoms with Gasteiger partial charge in [-0.15, -0.1) is 11.3 Å². The SMILES string of the molecule is Cn1ncc(C=CC(=O)Nc2ccc(Cc3nc(C(=O)O)cs3)cc2)c1-c1ccc(F)cc1. The first-order valence-electron chi connectivity index (χ1n) is 9.92. The maximum atomic E-state index is 13.2. The van der Waals surface area contributed by atoms with Gasteiger partial charge in [0.05, 0.1) is 16.9 Å². The van der Waals surface area contributed by atoms with Crippen LogP contribution in [0.3, 0.4) is 0 Å². The summed E-state index contributed by atoms with van der Waals surface area (Å²) in [6, 6.07) is 13.4. The number of aryl methyl sites for hydroxylation is 1. The molecule has 0 atom stereocenters. The third kappa shape index (κ3) is 5.39. The summed E-state index contributed by atoms with van der Waals surface area (Å²) in [7, 11) is 1.78. The van der Waals surface area contributed by atoms with Crippen LogP contribution in [0, 0.1) is 5.82 Å². The van der Waals surface area contributed by atoms with Crippen LogP contribution in [0.1, 0.15) is 26.6 Å². The summed E-state index contributed by atoms with van der Waals surface area (Å²) in [5, 5.41) is 18.2. The predicted molar refractivity (Wildman–Crippen MR) is 125 cm³/mol. The van der Waals surface area contributed by atoms with Gasteiger partial charge in [-0.3, -0.25) is 9.48 Å². The third-order valence-electron chi connectivity index (χ3n) is 4.85. The van der Waals surface area contributed by atoms with E-state index in [-0.39, 0.29) is 17.4 Å². The molecule has 0 unspecified atom stereocenters. The van der Waals surface area contributed by atoms with Crippen LogP contribution >= 0.6 is 11.3 Å². The van der Waals surface area contributed by atoms with Gasteiger partial charge in [-0.1, -0.05) is 12.1 Å². The highest BCUT2D eigenvalue weighted by molar-refractivity contribution is 7.09. The fourth-order valence-electron chi connectivity index (χ4n) is 3.26. The number of carbonyl (C=O) groups is 2. The molecule has 7 nitrogen and oxygen atoms in total. The summed E-state index contributed by atoms with van der Waals surface area (Å²) in [5.74, 6) is -1.66. The van der Waals surface area contributed by atoms with E-state index in [1.807, 2.05) is 12.1 Å². The molecule has 0 spiro atoms. The van der Waals surface area contributed by atoms with Gasteiger partial charge < -0.3 is 10.4 Å². The number of benzene rings is 2. The van der Waals surface area contributed by atoms with Crippen LogP contribution in [-0.2, 0) is 18.3 Å². The van der Waals surface area contributed by atoms with Gasteiger partial charge >= 0.3 is 5.97 Å². The molecule has 0 aliphatic heterocycles. The van der Waals surface area contributed by atoms with Gasteiger partial charge in [-0.05, 0) is 48.0 Å². The number of carboxylic acids is 1. The molecule has 0 bridgehead atoms. The number of nitrogens with one attached hydrogen (secondary N) is 1. The summed E-state index contributed by atoms with van der Waals surface area (Å²) >= 11 is 1.30. The van der Waals surface area contributed by atoms with Crippen molar-refractivity contribution in [2.75, 3.05) is 5.32 Å². The highest BCUT2D eigenvalue weighted by Crippen LogP contribution is 2.24. The van der Waals surface area contributed by atoms with Gasteiger partial charge in [-0.25, -0.2) is 14.2 Å². The van der Waals surface area contributed by atoms with Crippen molar-refractivity contribution >= 4 is 35.0 Å². The van der Waals surface area contributed by atoms with Crippen molar-refractivity contribution in [3.05, 3.63) is 93.8 Å². The lowest BCUT2D eigenvalue weighted by atomic mass is 10.1. The molecule has 2 aromatic carbocycles. The van der Waals surface area contributed by atoms with Crippen LogP contribution < -0.4 is 5.32 Å². The first-order chi connectivity index (χ1) is 15.9. The molecule has 0 fully saturated rings. The van der Waals surface area contributed by atoms with Gasteiger partial charge in [0.2, 0.25) is 5.91 Å². The number of thiazole rings is 1. The number of nitrogens with zero attached hydrogens (tertiary/aromatic N) is 3. The Morgan fingerprint density at radius 2 is 1.88 bits per heavy atom. The van der Waals surface area contributed by atoms with E-state index in [1.165, 1.54) is 34.9 Å². The molecule has 2 aromatic heterocycles. The second-order valence-electron chi connectivity index (χ2n) is 7.21. The lowest BCUT2D eigenvalue weighted by Gasteiger charge is -2.05. The average Bonchev–Trinajstić information content (AvgIpc) is 3.41. The Labute approximate surface area is 192 Å². The van der Waals surface area contributed by atoms with Gasteiger partial charge in [0.25, 0.3) is 0 Å². The summed E-state index contributed by atoms with van der Waals surface area (Å²) < 4.78 is 14.9. The molecule has 4 aromatic rings. The number of aromatic carboxylic acids is 1. The van der Waals surface area contributed by atoms with Crippen molar-refractivity contribution < 1.29 is 19.1 Å². The lowest BCUT2D eigenvalue weighted by molar-refractivity contribution is -0.111. The Hall–Kier alpha value is -4.11. The van der Waals surface area contributed by atoms with Crippen molar-refractivity contribution in [3.8, 4) is 11.3 Å². The number of halogens is 1. The molecule has 166 valence electrons. The van der Waals surface area contributed by atoms with Gasteiger partial charge in [-0.2, -0.15) is 5.10 Å². The molecule has 0 saturated heterocycles. The van der Waals surface area contributed by atoms with E-state index in [0.29, 0.717) is 17.1 Å². The molecule has 0 aliphatic carbocycles. The monoisotopic (exact) mass is 462 g/mol. The number of rotatable bonds is 7. The number of hydrogen-bond acceptors (Lipinski definition) is 5. The Kier molecular flexibility index (Phi) is 6.41. The Balaban J connectivity index is 1.40. The van der Waals surface area contributed by atoms with Crippen LogP contribution in [0.5, 0.6) is 0 Å². The smallest absolute Gasteiger partial charge is 0.355 e. The Bertz CT molecular complexity index is 1320. The van der Waals surface area contributed by atoms with Crippen molar-refractivity contribution in [1.82, 2.24) is 14.8 Å². The molecule has 9 heteroatoms. The molecule has 2 N–H and O–H groups in total. The number of amides is 1. The van der Waals surface area contributed by atoms with Crippen molar-refractivity contribution in [3.63, 3.8) is 0 Å². The maximum Gasteiger partial charge on any atom is 0.355 e. The molecule has 2 heterocycles. The van der Waals surface area contributed by atoms with E-state index in [0.717, 1.165) is 22.4 Å². The molecular formula is C24H19FN4O3S. The fourth-order valence-corrected chi connectivity index (χ4v) is 4.06. The lowest BCUT2D eigenvalue weighted by Crippen LogP contribution is -2.07. The van der Waals surface area contributed by atoms with Crippen molar-refractivity contribution in [2.45, 2.75) is 6.42 Å². The Morgan fingerprint density at radius 3 is 2.55 bits per heavy atom. The standard InChI is InChI=1S/C24H19FN4O3S/c1-29-23(16-4-7-18(25)8-5-16)17(13-26-29)6-11-21(30)27-19-9-2-15(3-10-19)12-22-28-20(14-33-22)24(31)32/h2-11,13-14H,12H2,1H3,(H,27,30)(H,31,32). The second-order valence-corrected chi connectivity index (χ2v) is 8.15. The minimum atomic E-state index is -1.04. The zero-order chi connectivity index (χ0) is 23.4. The largest absolute Gasteiger partial charge is 0.476 e. The van der Waals surface area contributed by atoms with Gasteiger partial charge in [0.15, 0.2) is 5.69 Å². The minimum absolute atomic E-state index is 0.0434. The topological polar surface area (TPSA) is 97.1 Å². The van der Waals surface area contributed by atoms with Crippen molar-refractivity contribution in [2.24, 2.45) is 7.05 Å². The Morgan fingerprint density at radius 1 is 1.15 bits per heavy atom. The minimum Gasteiger partial charge on any atom is -0.476 e. The molecule has 4 rings (SSSR count). The quantitative estimate of drug-likeness (QED) is 0.391. The van der Waals surface area contributed by atoms with Crippen LogP contribution in [0.4, 0.5) is 10.1 Å². The summed E-state index contributed by atoms with van der Waals surface area (Å²) in [6.45, 7) is 0. The molecule has 0 radical (unpaired) electrons. The normalized spacial score (nSPS) is 11.1. The van der Waals surface area contributed by atoms with E-state index >= 15 is 0 Å². The first-order valence-corrected chi connectivity index (χ1v) is 10.8. The zero-order valence-corrected chi connectivity index (χ0v) is 18.3. The van der Waals surface area contributed by atoms with E-state index in [2.05, 4.69) is 15.4 Å². The molecule has 33 heavy (non-hydrogen) atoms. The van der Waals surface area contributed by atoms with E-state index in [1.54, 1.807) is 48.3 Å². The van der Waals surface area contributed by atoms with Gasteiger partial charge in [0.1, 0.15) is 5.82 Å².